The Labute approximate surface area is 143 Å². The first kappa shape index (κ1) is 17.2. The molecule has 2 rings (SSSR count). The van der Waals surface area contributed by atoms with Gasteiger partial charge in [-0.05, 0) is 57.0 Å². The Balaban J connectivity index is 1.92. The van der Waals surface area contributed by atoms with Gasteiger partial charge in [-0.15, -0.1) is 0 Å². The summed E-state index contributed by atoms with van der Waals surface area (Å²) in [5.74, 6) is 0. The smallest absolute Gasteiger partial charge is 0.296 e. The zero-order valence-corrected chi connectivity index (χ0v) is 15.1. The average molecular weight is 358 g/mol. The van der Waals surface area contributed by atoms with E-state index in [9.17, 15) is 4.79 Å². The van der Waals surface area contributed by atoms with Gasteiger partial charge < -0.3 is 0 Å². The Morgan fingerprint density at radius 1 is 1.41 bits per heavy atom. The molecule has 1 amide bonds. The van der Waals surface area contributed by atoms with Crippen LogP contribution in [0.3, 0.4) is 0 Å². The van der Waals surface area contributed by atoms with E-state index in [1.807, 2.05) is 32.9 Å². The molecule has 1 aliphatic heterocycles. The first-order valence-electron chi connectivity index (χ1n) is 6.49. The zero-order valence-electron chi connectivity index (χ0n) is 12.7. The van der Waals surface area contributed by atoms with Crippen LogP contribution in [-0.2, 0) is 4.84 Å². The number of halogens is 1. The Kier molecular flexibility index (Phi) is 5.41. The summed E-state index contributed by atoms with van der Waals surface area (Å²) in [6, 6.07) is 7.18. The second-order valence-electron chi connectivity index (χ2n) is 5.04. The van der Waals surface area contributed by atoms with Gasteiger partial charge in [-0.25, -0.2) is 9.10 Å². The van der Waals surface area contributed by atoms with E-state index >= 15 is 0 Å². The van der Waals surface area contributed by atoms with Crippen LogP contribution in [0.5, 0.6) is 0 Å². The standard InChI is InChI=1S/C14H16ClN3O2S2/c1-9-12(21-14(2,3)16-9)17-20-13(19)18(4)22-11-7-5-10(15)6-8-11/h5-8H,1-4H3. The lowest BCUT2D eigenvalue weighted by Gasteiger charge is -2.13. The summed E-state index contributed by atoms with van der Waals surface area (Å²) in [4.78, 5) is 22.0. The quantitative estimate of drug-likeness (QED) is 0.448. The van der Waals surface area contributed by atoms with E-state index in [0.29, 0.717) is 10.1 Å². The summed E-state index contributed by atoms with van der Waals surface area (Å²) in [6.45, 7) is 5.81. The Morgan fingerprint density at radius 2 is 2.05 bits per heavy atom. The lowest BCUT2D eigenvalue weighted by molar-refractivity contribution is 0.137. The van der Waals surface area contributed by atoms with Crippen molar-refractivity contribution >= 4 is 52.2 Å². The van der Waals surface area contributed by atoms with Gasteiger partial charge in [0.05, 0.1) is 5.71 Å². The predicted octanol–water partition coefficient (Wildman–Crippen LogP) is 4.67. The number of aliphatic imine (C=N–C) groups is 1. The Morgan fingerprint density at radius 3 is 2.59 bits per heavy atom. The van der Waals surface area contributed by atoms with Gasteiger partial charge in [0, 0.05) is 17.0 Å². The van der Waals surface area contributed by atoms with Crippen LogP contribution < -0.4 is 0 Å². The van der Waals surface area contributed by atoms with E-state index in [1.54, 1.807) is 19.2 Å². The maximum absolute atomic E-state index is 11.9. The number of carbonyl (C=O) groups is 1. The lowest BCUT2D eigenvalue weighted by atomic mass is 10.4. The number of amides is 1. The highest BCUT2D eigenvalue weighted by atomic mass is 35.5. The van der Waals surface area contributed by atoms with Crippen molar-refractivity contribution < 1.29 is 9.63 Å². The lowest BCUT2D eigenvalue weighted by Crippen LogP contribution is -2.19. The predicted molar refractivity (Wildman–Crippen MR) is 93.8 cm³/mol. The van der Waals surface area contributed by atoms with E-state index in [4.69, 9.17) is 16.4 Å². The number of oxime groups is 1. The van der Waals surface area contributed by atoms with Crippen molar-refractivity contribution in [3.63, 3.8) is 0 Å². The molecule has 0 N–H and O–H groups in total. The van der Waals surface area contributed by atoms with Crippen molar-refractivity contribution in [2.24, 2.45) is 10.1 Å². The van der Waals surface area contributed by atoms with Crippen LogP contribution >= 0.6 is 35.3 Å². The fourth-order valence-corrected chi connectivity index (χ4v) is 3.43. The van der Waals surface area contributed by atoms with Crippen LogP contribution in [0.4, 0.5) is 4.79 Å². The van der Waals surface area contributed by atoms with Crippen LogP contribution in [0.2, 0.25) is 5.02 Å². The van der Waals surface area contributed by atoms with Crippen molar-refractivity contribution in [1.29, 1.82) is 0 Å². The molecule has 118 valence electrons. The van der Waals surface area contributed by atoms with E-state index < -0.39 is 6.09 Å². The molecule has 0 saturated carbocycles. The van der Waals surface area contributed by atoms with Gasteiger partial charge in [0.2, 0.25) is 0 Å². The van der Waals surface area contributed by atoms with Crippen molar-refractivity contribution in [1.82, 2.24) is 4.31 Å². The fourth-order valence-electron chi connectivity index (χ4n) is 1.70. The minimum Gasteiger partial charge on any atom is -0.296 e. The van der Waals surface area contributed by atoms with Gasteiger partial charge in [-0.2, -0.15) is 0 Å². The maximum Gasteiger partial charge on any atom is 0.446 e. The van der Waals surface area contributed by atoms with E-state index in [0.717, 1.165) is 10.6 Å². The van der Waals surface area contributed by atoms with Crippen LogP contribution in [-0.4, -0.2) is 33.1 Å². The average Bonchev–Trinajstić information content (AvgIpc) is 2.71. The molecule has 1 aromatic rings. The first-order chi connectivity index (χ1) is 10.3. The van der Waals surface area contributed by atoms with Gasteiger partial charge in [0.15, 0.2) is 5.04 Å². The zero-order chi connectivity index (χ0) is 16.3. The van der Waals surface area contributed by atoms with Gasteiger partial charge in [0.1, 0.15) is 4.87 Å². The minimum atomic E-state index is -0.550. The molecule has 0 unspecified atom stereocenters. The molecule has 1 heterocycles. The topological polar surface area (TPSA) is 54.3 Å². The molecule has 22 heavy (non-hydrogen) atoms. The summed E-state index contributed by atoms with van der Waals surface area (Å²) in [5, 5.41) is 5.18. The van der Waals surface area contributed by atoms with Gasteiger partial charge in [-0.1, -0.05) is 28.5 Å². The largest absolute Gasteiger partial charge is 0.446 e. The first-order valence-corrected chi connectivity index (χ1v) is 8.46. The number of nitrogens with zero attached hydrogens (tertiary/aromatic N) is 3. The van der Waals surface area contributed by atoms with Gasteiger partial charge in [-0.3, -0.25) is 9.83 Å². The summed E-state index contributed by atoms with van der Waals surface area (Å²) < 4.78 is 1.37. The van der Waals surface area contributed by atoms with Crippen LogP contribution in [0.1, 0.15) is 20.8 Å². The second kappa shape index (κ2) is 6.93. The third-order valence-electron chi connectivity index (χ3n) is 2.61. The summed E-state index contributed by atoms with van der Waals surface area (Å²) in [5.41, 5.74) is 0.774. The summed E-state index contributed by atoms with van der Waals surface area (Å²) >= 11 is 8.53. The van der Waals surface area contributed by atoms with Gasteiger partial charge in [0.25, 0.3) is 0 Å². The molecule has 0 spiro atoms. The molecule has 8 heteroatoms. The molecular weight excluding hydrogens is 342 g/mol. The second-order valence-corrected chi connectivity index (χ2v) is 8.27. The molecule has 1 aliphatic rings. The SMILES string of the molecule is CC1=NC(C)(C)SC1=NOC(=O)N(C)Sc1ccc(Cl)cc1. The highest BCUT2D eigenvalue weighted by molar-refractivity contribution is 8.17. The van der Waals surface area contributed by atoms with Crippen molar-refractivity contribution in [3.8, 4) is 0 Å². The highest BCUT2D eigenvalue weighted by Gasteiger charge is 2.30. The molecule has 0 saturated heterocycles. The summed E-state index contributed by atoms with van der Waals surface area (Å²) in [7, 11) is 1.62. The third kappa shape index (κ3) is 4.66. The number of benzene rings is 1. The molecule has 1 aromatic carbocycles. The monoisotopic (exact) mass is 357 g/mol. The fraction of sp³-hybridized carbons (Fsp3) is 0.357. The number of hydrogen-bond donors (Lipinski definition) is 0. The molecule has 0 aromatic heterocycles. The molecule has 0 radical (unpaired) electrons. The molecule has 5 nitrogen and oxygen atoms in total. The number of carbonyl (C=O) groups excluding carboxylic acids is 1. The molecular formula is C14H16ClN3O2S2. The number of hydrogen-bond acceptors (Lipinski definition) is 6. The Hall–Kier alpha value is -1.18. The minimum absolute atomic E-state index is 0.265. The summed E-state index contributed by atoms with van der Waals surface area (Å²) in [6.07, 6.45) is -0.550. The van der Waals surface area contributed by atoms with Crippen LogP contribution in [0.25, 0.3) is 0 Å². The number of thioether (sulfide) groups is 1. The van der Waals surface area contributed by atoms with Crippen molar-refractivity contribution in [2.45, 2.75) is 30.5 Å². The van der Waals surface area contributed by atoms with Crippen molar-refractivity contribution in [3.05, 3.63) is 29.3 Å². The maximum atomic E-state index is 11.9. The molecule has 0 bridgehead atoms. The van der Waals surface area contributed by atoms with Crippen LogP contribution in [0.15, 0.2) is 39.3 Å². The Bertz CT molecular complexity index is 629. The van der Waals surface area contributed by atoms with E-state index in [1.165, 1.54) is 28.0 Å². The molecule has 0 aliphatic carbocycles. The highest BCUT2D eigenvalue weighted by Crippen LogP contribution is 2.34. The van der Waals surface area contributed by atoms with E-state index in [2.05, 4.69) is 10.1 Å². The molecule has 0 fully saturated rings. The van der Waals surface area contributed by atoms with Crippen molar-refractivity contribution in [2.75, 3.05) is 7.05 Å². The number of rotatable bonds is 3. The molecule has 0 atom stereocenters. The van der Waals surface area contributed by atoms with E-state index in [-0.39, 0.29) is 4.87 Å². The van der Waals surface area contributed by atoms with Gasteiger partial charge >= 0.3 is 6.09 Å². The normalized spacial score (nSPS) is 18.2. The van der Waals surface area contributed by atoms with Crippen LogP contribution in [0, 0.1) is 0 Å². The third-order valence-corrected chi connectivity index (χ3v) is 4.92.